The van der Waals surface area contributed by atoms with Crippen LogP contribution in [0, 0.1) is 5.82 Å². The fourth-order valence-corrected chi connectivity index (χ4v) is 1.99. The number of aromatic nitrogens is 4. The van der Waals surface area contributed by atoms with Crippen LogP contribution < -0.4 is 4.74 Å². The molecule has 10 heteroatoms. The summed E-state index contributed by atoms with van der Waals surface area (Å²) in [4.78, 5) is 7.74. The van der Waals surface area contributed by atoms with Gasteiger partial charge in [0.05, 0.1) is 12.2 Å². The first-order valence-electron chi connectivity index (χ1n) is 7.04. The molecule has 2 heterocycles. The highest BCUT2D eigenvalue weighted by molar-refractivity contribution is 5.49. The molecule has 3 aromatic rings. The Labute approximate surface area is 139 Å². The summed E-state index contributed by atoms with van der Waals surface area (Å²) in [6.45, 7) is -0.493. The molecule has 1 unspecified atom stereocenters. The lowest BCUT2D eigenvalue weighted by molar-refractivity contribution is 0.104. The van der Waals surface area contributed by atoms with Crippen LogP contribution in [0.15, 0.2) is 41.1 Å². The summed E-state index contributed by atoms with van der Waals surface area (Å²) in [5, 5.41) is 16.1. The van der Waals surface area contributed by atoms with Crippen LogP contribution in [0.2, 0.25) is 0 Å². The van der Waals surface area contributed by atoms with Gasteiger partial charge in [-0.25, -0.2) is 14.4 Å². The van der Waals surface area contributed by atoms with E-state index < -0.39 is 30.8 Å². The van der Waals surface area contributed by atoms with Crippen molar-refractivity contribution in [3.05, 3.63) is 53.9 Å². The first-order valence-corrected chi connectivity index (χ1v) is 7.04. The number of aliphatic hydroxyl groups is 1. The number of alkyl halides is 2. The SMILES string of the molecule is OCC(Oc1ncc(-c2nnc(C(F)F)o2)cn1)c1ccccc1F. The number of hydrogen-bond donors (Lipinski definition) is 1. The van der Waals surface area contributed by atoms with E-state index in [4.69, 9.17) is 9.15 Å². The summed E-state index contributed by atoms with van der Waals surface area (Å²) in [5.74, 6) is -1.52. The first kappa shape index (κ1) is 16.8. The zero-order chi connectivity index (χ0) is 17.8. The Morgan fingerprint density at radius 1 is 1.12 bits per heavy atom. The van der Waals surface area contributed by atoms with Gasteiger partial charge in [-0.1, -0.05) is 18.2 Å². The fourth-order valence-electron chi connectivity index (χ4n) is 1.99. The van der Waals surface area contributed by atoms with E-state index in [2.05, 4.69) is 20.2 Å². The average Bonchev–Trinajstić information content (AvgIpc) is 3.11. The third-order valence-electron chi connectivity index (χ3n) is 3.17. The van der Waals surface area contributed by atoms with Gasteiger partial charge < -0.3 is 14.3 Å². The summed E-state index contributed by atoms with van der Waals surface area (Å²) < 4.78 is 48.8. The molecule has 2 aromatic heterocycles. The van der Waals surface area contributed by atoms with Crippen molar-refractivity contribution in [2.24, 2.45) is 0 Å². The Kier molecular flexibility index (Phi) is 4.89. The van der Waals surface area contributed by atoms with E-state index in [0.29, 0.717) is 0 Å². The Morgan fingerprint density at radius 2 is 1.84 bits per heavy atom. The lowest BCUT2D eigenvalue weighted by Gasteiger charge is -2.16. The number of rotatable bonds is 6. The van der Waals surface area contributed by atoms with Crippen molar-refractivity contribution in [3.63, 3.8) is 0 Å². The topological polar surface area (TPSA) is 94.2 Å². The summed E-state index contributed by atoms with van der Waals surface area (Å²) in [5.41, 5.74) is 0.356. The zero-order valence-electron chi connectivity index (χ0n) is 12.5. The minimum absolute atomic E-state index is 0.139. The highest BCUT2D eigenvalue weighted by Crippen LogP contribution is 2.24. The van der Waals surface area contributed by atoms with Gasteiger partial charge in [0.2, 0.25) is 0 Å². The minimum Gasteiger partial charge on any atom is -0.453 e. The standard InChI is InChI=1S/C15H11F3N4O3/c16-10-4-2-1-3-9(10)11(7-23)24-15-19-5-8(6-20-15)13-21-22-14(25-13)12(17)18/h1-6,11-12,23H,7H2. The highest BCUT2D eigenvalue weighted by Gasteiger charge is 2.19. The number of halogens is 3. The minimum atomic E-state index is -2.88. The van der Waals surface area contributed by atoms with Crippen LogP contribution in [0.4, 0.5) is 13.2 Å². The predicted octanol–water partition coefficient (Wildman–Crippen LogP) is 2.72. The largest absolute Gasteiger partial charge is 0.453 e. The Hall–Kier alpha value is -3.01. The lowest BCUT2D eigenvalue weighted by atomic mass is 10.1. The van der Waals surface area contributed by atoms with Crippen LogP contribution in [0.5, 0.6) is 6.01 Å². The maximum atomic E-state index is 13.8. The molecule has 0 radical (unpaired) electrons. The molecular weight excluding hydrogens is 341 g/mol. The molecule has 7 nitrogen and oxygen atoms in total. The van der Waals surface area contributed by atoms with Crippen molar-refractivity contribution in [3.8, 4) is 17.5 Å². The fraction of sp³-hybridized carbons (Fsp3) is 0.200. The van der Waals surface area contributed by atoms with E-state index in [1.807, 2.05) is 0 Å². The third-order valence-corrected chi connectivity index (χ3v) is 3.17. The van der Waals surface area contributed by atoms with Crippen LogP contribution >= 0.6 is 0 Å². The first-order chi connectivity index (χ1) is 12.1. The van der Waals surface area contributed by atoms with Crippen LogP contribution in [0.25, 0.3) is 11.5 Å². The molecule has 25 heavy (non-hydrogen) atoms. The van der Waals surface area contributed by atoms with E-state index in [-0.39, 0.29) is 23.0 Å². The molecule has 1 atom stereocenters. The van der Waals surface area contributed by atoms with Crippen molar-refractivity contribution in [2.45, 2.75) is 12.5 Å². The third kappa shape index (κ3) is 3.74. The normalized spacial score (nSPS) is 12.4. The summed E-state index contributed by atoms with van der Waals surface area (Å²) in [6.07, 6.45) is -1.43. The molecule has 0 bridgehead atoms. The Balaban J connectivity index is 1.76. The van der Waals surface area contributed by atoms with Gasteiger partial charge in [0, 0.05) is 18.0 Å². The molecule has 1 aromatic carbocycles. The van der Waals surface area contributed by atoms with E-state index in [1.54, 1.807) is 6.07 Å². The molecule has 0 spiro atoms. The van der Waals surface area contributed by atoms with E-state index >= 15 is 0 Å². The number of nitrogens with zero attached hydrogens (tertiary/aromatic N) is 4. The van der Waals surface area contributed by atoms with Crippen LogP contribution in [-0.4, -0.2) is 31.9 Å². The smallest absolute Gasteiger partial charge is 0.317 e. The second-order valence-electron chi connectivity index (χ2n) is 4.81. The van der Waals surface area contributed by atoms with Gasteiger partial charge in [-0.3, -0.25) is 0 Å². The second kappa shape index (κ2) is 7.26. The molecule has 0 aliphatic carbocycles. The second-order valence-corrected chi connectivity index (χ2v) is 4.81. The van der Waals surface area contributed by atoms with Gasteiger partial charge in [0.1, 0.15) is 5.82 Å². The van der Waals surface area contributed by atoms with Gasteiger partial charge in [0.15, 0.2) is 6.10 Å². The molecule has 0 fully saturated rings. The van der Waals surface area contributed by atoms with Gasteiger partial charge in [-0.2, -0.15) is 8.78 Å². The number of hydrogen-bond acceptors (Lipinski definition) is 7. The van der Waals surface area contributed by atoms with Crippen LogP contribution in [0.1, 0.15) is 24.0 Å². The van der Waals surface area contributed by atoms with E-state index in [9.17, 15) is 18.3 Å². The van der Waals surface area contributed by atoms with Crippen molar-refractivity contribution < 1.29 is 27.4 Å². The van der Waals surface area contributed by atoms with Crippen molar-refractivity contribution >= 4 is 0 Å². The molecule has 0 aliphatic heterocycles. The average molecular weight is 352 g/mol. The van der Waals surface area contributed by atoms with Crippen LogP contribution in [0.3, 0.4) is 0 Å². The number of ether oxygens (including phenoxy) is 1. The molecule has 0 saturated heterocycles. The number of benzene rings is 1. The summed E-state index contributed by atoms with van der Waals surface area (Å²) in [6, 6.07) is 5.68. The van der Waals surface area contributed by atoms with Crippen molar-refractivity contribution in [2.75, 3.05) is 6.61 Å². The molecule has 130 valence electrons. The van der Waals surface area contributed by atoms with Gasteiger partial charge in [-0.05, 0) is 6.07 Å². The Morgan fingerprint density at radius 3 is 2.44 bits per heavy atom. The maximum absolute atomic E-state index is 13.8. The van der Waals surface area contributed by atoms with E-state index in [1.165, 1.54) is 30.6 Å². The quantitative estimate of drug-likeness (QED) is 0.729. The molecule has 3 rings (SSSR count). The monoisotopic (exact) mass is 352 g/mol. The summed E-state index contributed by atoms with van der Waals surface area (Å²) >= 11 is 0. The maximum Gasteiger partial charge on any atom is 0.317 e. The number of aliphatic hydroxyl groups excluding tert-OH is 1. The van der Waals surface area contributed by atoms with Gasteiger partial charge in [0.25, 0.3) is 11.8 Å². The zero-order valence-corrected chi connectivity index (χ0v) is 12.5. The molecule has 0 aliphatic rings. The van der Waals surface area contributed by atoms with Crippen LogP contribution in [-0.2, 0) is 0 Å². The Bertz CT molecular complexity index is 842. The molecule has 0 saturated carbocycles. The molecule has 1 N–H and O–H groups in total. The van der Waals surface area contributed by atoms with E-state index in [0.717, 1.165) is 0 Å². The van der Waals surface area contributed by atoms with Gasteiger partial charge >= 0.3 is 12.4 Å². The predicted molar refractivity (Wildman–Crippen MR) is 77.1 cm³/mol. The summed E-state index contributed by atoms with van der Waals surface area (Å²) in [7, 11) is 0. The lowest BCUT2D eigenvalue weighted by Crippen LogP contribution is -2.15. The highest BCUT2D eigenvalue weighted by atomic mass is 19.3. The van der Waals surface area contributed by atoms with Gasteiger partial charge in [-0.15, -0.1) is 10.2 Å². The molecule has 0 amide bonds. The molecular formula is C15H11F3N4O3. The van der Waals surface area contributed by atoms with Crippen molar-refractivity contribution in [1.82, 2.24) is 20.2 Å². The van der Waals surface area contributed by atoms with Crippen molar-refractivity contribution in [1.29, 1.82) is 0 Å².